The van der Waals surface area contributed by atoms with Gasteiger partial charge in [-0.05, 0) is 61.9 Å². The van der Waals surface area contributed by atoms with Crippen molar-refractivity contribution in [1.82, 2.24) is 4.98 Å². The highest BCUT2D eigenvalue weighted by atomic mass is 16.5. The fraction of sp³-hybridized carbons (Fsp3) is 0.120. The van der Waals surface area contributed by atoms with Crippen molar-refractivity contribution in [3.05, 3.63) is 90.0 Å². The maximum Gasteiger partial charge on any atom is 0.256 e. The quantitative estimate of drug-likeness (QED) is 0.470. The molecule has 0 saturated heterocycles. The van der Waals surface area contributed by atoms with Crippen LogP contribution in [0.1, 0.15) is 22.8 Å². The Morgan fingerprint density at radius 3 is 2.45 bits per heavy atom. The number of carbonyl (C=O) groups is 1. The predicted molar refractivity (Wildman–Crippen MR) is 117 cm³/mol. The average Bonchev–Trinajstić information content (AvgIpc) is 2.75. The third kappa shape index (κ3) is 3.97. The minimum Gasteiger partial charge on any atom is -0.494 e. The molecular formula is C25H22N2O2. The van der Waals surface area contributed by atoms with Crippen LogP contribution < -0.4 is 10.1 Å². The van der Waals surface area contributed by atoms with Crippen LogP contribution in [-0.2, 0) is 0 Å². The van der Waals surface area contributed by atoms with E-state index in [0.717, 1.165) is 39.2 Å². The summed E-state index contributed by atoms with van der Waals surface area (Å²) in [4.78, 5) is 17.9. The van der Waals surface area contributed by atoms with E-state index in [1.165, 1.54) is 0 Å². The second-order valence-electron chi connectivity index (χ2n) is 6.80. The van der Waals surface area contributed by atoms with E-state index in [4.69, 9.17) is 9.72 Å². The van der Waals surface area contributed by atoms with Crippen LogP contribution in [0.5, 0.6) is 5.75 Å². The predicted octanol–water partition coefficient (Wildman–Crippen LogP) is 5.86. The Labute approximate surface area is 170 Å². The fourth-order valence-electron chi connectivity index (χ4n) is 3.30. The molecule has 0 fully saturated rings. The van der Waals surface area contributed by atoms with Gasteiger partial charge in [0.1, 0.15) is 5.75 Å². The third-order valence-electron chi connectivity index (χ3n) is 4.82. The van der Waals surface area contributed by atoms with Gasteiger partial charge in [-0.3, -0.25) is 4.79 Å². The summed E-state index contributed by atoms with van der Waals surface area (Å²) in [7, 11) is 0. The number of fused-ring (bicyclic) bond motifs is 1. The summed E-state index contributed by atoms with van der Waals surface area (Å²) in [6, 6.07) is 25.1. The summed E-state index contributed by atoms with van der Waals surface area (Å²) in [6.07, 6.45) is 0. The molecule has 0 atom stereocenters. The molecule has 0 aliphatic heterocycles. The number of aromatic nitrogens is 1. The monoisotopic (exact) mass is 382 g/mol. The molecule has 0 aliphatic carbocycles. The smallest absolute Gasteiger partial charge is 0.256 e. The number of aryl methyl sites for hydroxylation is 1. The van der Waals surface area contributed by atoms with Gasteiger partial charge in [-0.15, -0.1) is 0 Å². The molecule has 0 bridgehead atoms. The van der Waals surface area contributed by atoms with Gasteiger partial charge in [-0.2, -0.15) is 0 Å². The van der Waals surface area contributed by atoms with E-state index in [2.05, 4.69) is 5.32 Å². The molecule has 29 heavy (non-hydrogen) atoms. The summed E-state index contributed by atoms with van der Waals surface area (Å²) in [5, 5.41) is 3.86. The Morgan fingerprint density at radius 2 is 1.69 bits per heavy atom. The summed E-state index contributed by atoms with van der Waals surface area (Å²) in [5.74, 6) is 0.666. The maximum absolute atomic E-state index is 13.1. The molecule has 0 radical (unpaired) electrons. The second-order valence-corrected chi connectivity index (χ2v) is 6.80. The van der Waals surface area contributed by atoms with E-state index in [1.54, 1.807) is 0 Å². The number of pyridine rings is 1. The lowest BCUT2D eigenvalue weighted by Gasteiger charge is -2.12. The molecule has 1 aromatic heterocycles. The Bertz CT molecular complexity index is 1170. The Hall–Kier alpha value is -3.66. The lowest BCUT2D eigenvalue weighted by Crippen LogP contribution is -2.13. The van der Waals surface area contributed by atoms with Gasteiger partial charge in [0.15, 0.2) is 0 Å². The van der Waals surface area contributed by atoms with E-state index < -0.39 is 0 Å². The van der Waals surface area contributed by atoms with Crippen molar-refractivity contribution < 1.29 is 9.53 Å². The van der Waals surface area contributed by atoms with Crippen LogP contribution in [0.4, 0.5) is 5.69 Å². The summed E-state index contributed by atoms with van der Waals surface area (Å²) >= 11 is 0. The zero-order valence-electron chi connectivity index (χ0n) is 16.5. The zero-order valence-corrected chi connectivity index (χ0v) is 16.5. The number of rotatable bonds is 5. The van der Waals surface area contributed by atoms with E-state index in [-0.39, 0.29) is 5.91 Å². The van der Waals surface area contributed by atoms with E-state index >= 15 is 0 Å². The van der Waals surface area contributed by atoms with Crippen molar-refractivity contribution in [2.45, 2.75) is 13.8 Å². The van der Waals surface area contributed by atoms with E-state index in [0.29, 0.717) is 12.2 Å². The zero-order chi connectivity index (χ0) is 20.2. The Kier molecular flexibility index (Phi) is 5.25. The van der Waals surface area contributed by atoms with Crippen molar-refractivity contribution >= 4 is 22.5 Å². The largest absolute Gasteiger partial charge is 0.494 e. The molecular weight excluding hydrogens is 360 g/mol. The first kappa shape index (κ1) is 18.7. The number of nitrogens with zero attached hydrogens (tertiary/aromatic N) is 1. The third-order valence-corrected chi connectivity index (χ3v) is 4.82. The summed E-state index contributed by atoms with van der Waals surface area (Å²) < 4.78 is 5.52. The average molecular weight is 382 g/mol. The number of nitrogens with one attached hydrogen (secondary N) is 1. The van der Waals surface area contributed by atoms with Gasteiger partial charge in [-0.1, -0.05) is 36.4 Å². The molecule has 1 heterocycles. The molecule has 3 aromatic carbocycles. The van der Waals surface area contributed by atoms with E-state index in [9.17, 15) is 4.79 Å². The summed E-state index contributed by atoms with van der Waals surface area (Å²) in [5.41, 5.74) is 4.90. The van der Waals surface area contributed by atoms with Crippen molar-refractivity contribution in [2.75, 3.05) is 11.9 Å². The SMILES string of the molecule is CCOc1ccc(-c2cc(C(=O)Nc3ccccc3C)c3ccccc3n2)cc1. The fourth-order valence-corrected chi connectivity index (χ4v) is 3.30. The van der Waals surface area contributed by atoms with Crippen molar-refractivity contribution in [3.63, 3.8) is 0 Å². The highest BCUT2D eigenvalue weighted by molar-refractivity contribution is 6.13. The normalized spacial score (nSPS) is 10.7. The number of carbonyl (C=O) groups excluding carboxylic acids is 1. The molecule has 1 amide bonds. The molecule has 4 rings (SSSR count). The molecule has 0 aliphatic rings. The van der Waals surface area contributed by atoms with Crippen molar-refractivity contribution in [1.29, 1.82) is 0 Å². The van der Waals surface area contributed by atoms with Crippen molar-refractivity contribution in [2.24, 2.45) is 0 Å². The number of hydrogen-bond acceptors (Lipinski definition) is 3. The lowest BCUT2D eigenvalue weighted by molar-refractivity contribution is 0.102. The number of anilines is 1. The van der Waals surface area contributed by atoms with Crippen LogP contribution in [0.2, 0.25) is 0 Å². The van der Waals surface area contributed by atoms with Gasteiger partial charge in [-0.25, -0.2) is 4.98 Å². The highest BCUT2D eigenvalue weighted by Crippen LogP contribution is 2.27. The Morgan fingerprint density at radius 1 is 0.966 bits per heavy atom. The van der Waals surface area contributed by atoms with Crippen LogP contribution in [0.3, 0.4) is 0 Å². The van der Waals surface area contributed by atoms with Gasteiger partial charge in [0.2, 0.25) is 0 Å². The van der Waals surface area contributed by atoms with Crippen LogP contribution >= 0.6 is 0 Å². The first-order valence-electron chi connectivity index (χ1n) is 9.65. The summed E-state index contributed by atoms with van der Waals surface area (Å²) in [6.45, 7) is 4.56. The highest BCUT2D eigenvalue weighted by Gasteiger charge is 2.15. The molecule has 4 aromatic rings. The number of para-hydroxylation sites is 2. The number of benzene rings is 3. The van der Waals surface area contributed by atoms with Gasteiger partial charge >= 0.3 is 0 Å². The second kappa shape index (κ2) is 8.15. The van der Waals surface area contributed by atoms with Gasteiger partial charge in [0.25, 0.3) is 5.91 Å². The minimum atomic E-state index is -0.148. The number of amides is 1. The van der Waals surface area contributed by atoms with Gasteiger partial charge in [0.05, 0.1) is 23.4 Å². The first-order chi connectivity index (χ1) is 14.2. The minimum absolute atomic E-state index is 0.148. The van der Waals surface area contributed by atoms with Crippen LogP contribution in [0, 0.1) is 6.92 Å². The van der Waals surface area contributed by atoms with Crippen LogP contribution in [-0.4, -0.2) is 17.5 Å². The van der Waals surface area contributed by atoms with Gasteiger partial charge in [0, 0.05) is 16.6 Å². The maximum atomic E-state index is 13.1. The van der Waals surface area contributed by atoms with Crippen LogP contribution in [0.25, 0.3) is 22.2 Å². The molecule has 1 N–H and O–H groups in total. The lowest BCUT2D eigenvalue weighted by atomic mass is 10.0. The molecule has 0 spiro atoms. The van der Waals surface area contributed by atoms with E-state index in [1.807, 2.05) is 92.7 Å². The van der Waals surface area contributed by atoms with Gasteiger partial charge < -0.3 is 10.1 Å². The molecule has 0 saturated carbocycles. The molecule has 0 unspecified atom stereocenters. The number of hydrogen-bond donors (Lipinski definition) is 1. The topological polar surface area (TPSA) is 51.2 Å². The Balaban J connectivity index is 1.76. The molecule has 4 nitrogen and oxygen atoms in total. The number of ether oxygens (including phenoxy) is 1. The molecule has 144 valence electrons. The van der Waals surface area contributed by atoms with Crippen molar-refractivity contribution in [3.8, 4) is 17.0 Å². The first-order valence-corrected chi connectivity index (χ1v) is 9.65. The standard InChI is InChI=1S/C25H22N2O2/c1-3-29-19-14-12-18(13-15-19)24-16-21(20-9-5-7-11-23(20)26-24)25(28)27-22-10-6-4-8-17(22)2/h4-16H,3H2,1-2H3,(H,27,28). The molecule has 4 heteroatoms. The van der Waals surface area contributed by atoms with Crippen LogP contribution in [0.15, 0.2) is 78.9 Å².